The Labute approximate surface area is 110 Å². The molecule has 0 aliphatic rings. The summed E-state index contributed by atoms with van der Waals surface area (Å²) in [5.74, 6) is -0.199. The van der Waals surface area contributed by atoms with Crippen LogP contribution in [0, 0.1) is 13.8 Å². The number of hydrogen-bond acceptors (Lipinski definition) is 5. The van der Waals surface area contributed by atoms with Gasteiger partial charge in [-0.2, -0.15) is 0 Å². The molecule has 1 aromatic carbocycles. The minimum absolute atomic E-state index is 0.104. The molecule has 0 atom stereocenters. The first-order valence-corrected chi connectivity index (χ1v) is 5.64. The fourth-order valence-corrected chi connectivity index (χ4v) is 1.57. The van der Waals surface area contributed by atoms with Gasteiger partial charge in [-0.05, 0) is 26.0 Å². The molecule has 0 spiro atoms. The third-order valence-corrected chi connectivity index (χ3v) is 2.85. The molecular formula is C13H14N2O4. The fraction of sp³-hybridized carbons (Fsp3) is 0.231. The van der Waals surface area contributed by atoms with Crippen LogP contribution in [0.5, 0.6) is 11.5 Å². The molecule has 1 aromatic heterocycles. The molecule has 2 aromatic rings. The van der Waals surface area contributed by atoms with Gasteiger partial charge in [-0.15, -0.1) is 0 Å². The minimum Gasteiger partial charge on any atom is -0.504 e. The van der Waals surface area contributed by atoms with Crippen molar-refractivity contribution in [3.8, 4) is 11.5 Å². The maximum atomic E-state index is 12.1. The Kier molecular flexibility index (Phi) is 3.41. The van der Waals surface area contributed by atoms with Crippen LogP contribution in [0.15, 0.2) is 22.7 Å². The van der Waals surface area contributed by atoms with Crippen LogP contribution in [0.4, 0.5) is 5.88 Å². The molecule has 0 saturated carbocycles. The molecular weight excluding hydrogens is 248 g/mol. The number of nitrogens with zero attached hydrogens (tertiary/aromatic N) is 1. The summed E-state index contributed by atoms with van der Waals surface area (Å²) < 4.78 is 9.94. The van der Waals surface area contributed by atoms with E-state index in [2.05, 4.69) is 10.5 Å². The van der Waals surface area contributed by atoms with E-state index in [-0.39, 0.29) is 22.9 Å². The monoisotopic (exact) mass is 262 g/mol. The first kappa shape index (κ1) is 12.9. The van der Waals surface area contributed by atoms with Crippen LogP contribution >= 0.6 is 0 Å². The average Bonchev–Trinajstić information content (AvgIpc) is 2.71. The molecule has 19 heavy (non-hydrogen) atoms. The number of phenols is 1. The summed E-state index contributed by atoms with van der Waals surface area (Å²) in [6.07, 6.45) is 0. The van der Waals surface area contributed by atoms with Crippen molar-refractivity contribution in [1.82, 2.24) is 5.16 Å². The summed E-state index contributed by atoms with van der Waals surface area (Å²) in [5.41, 5.74) is 1.55. The van der Waals surface area contributed by atoms with Gasteiger partial charge in [-0.3, -0.25) is 10.1 Å². The third kappa shape index (κ3) is 2.37. The van der Waals surface area contributed by atoms with Crippen molar-refractivity contribution in [1.29, 1.82) is 0 Å². The van der Waals surface area contributed by atoms with Gasteiger partial charge in [0.1, 0.15) is 0 Å². The second-order valence-corrected chi connectivity index (χ2v) is 4.03. The number of aromatic hydroxyl groups is 1. The lowest BCUT2D eigenvalue weighted by Crippen LogP contribution is -2.12. The molecule has 0 fully saturated rings. The number of rotatable bonds is 3. The molecule has 1 heterocycles. The molecule has 1 amide bonds. The standard InChI is InChI=1S/C13H14N2O4/c1-7-8(2)15-19-13(7)14-12(17)9-5-4-6-10(18-3)11(9)16/h4-6,16H,1-3H3,(H,14,17). The quantitative estimate of drug-likeness (QED) is 0.886. The van der Waals surface area contributed by atoms with Crippen molar-refractivity contribution in [2.24, 2.45) is 0 Å². The highest BCUT2D eigenvalue weighted by molar-refractivity contribution is 6.06. The number of aryl methyl sites for hydroxylation is 1. The Balaban J connectivity index is 2.28. The van der Waals surface area contributed by atoms with E-state index in [9.17, 15) is 9.90 Å². The Morgan fingerprint density at radius 3 is 2.74 bits per heavy atom. The molecule has 0 aliphatic carbocycles. The zero-order chi connectivity index (χ0) is 14.0. The van der Waals surface area contributed by atoms with Crippen molar-refractivity contribution in [2.45, 2.75) is 13.8 Å². The van der Waals surface area contributed by atoms with Gasteiger partial charge < -0.3 is 14.4 Å². The number of anilines is 1. The Bertz CT molecular complexity index is 619. The third-order valence-electron chi connectivity index (χ3n) is 2.85. The van der Waals surface area contributed by atoms with Crippen molar-refractivity contribution < 1.29 is 19.2 Å². The van der Waals surface area contributed by atoms with E-state index < -0.39 is 5.91 Å². The normalized spacial score (nSPS) is 10.3. The summed E-state index contributed by atoms with van der Waals surface area (Å²) in [5, 5.41) is 16.2. The number of phenolic OH excluding ortho intramolecular Hbond substituents is 1. The highest BCUT2D eigenvalue weighted by Gasteiger charge is 2.18. The summed E-state index contributed by atoms with van der Waals surface area (Å²) in [7, 11) is 1.42. The molecule has 100 valence electrons. The lowest BCUT2D eigenvalue weighted by atomic mass is 10.1. The van der Waals surface area contributed by atoms with Crippen LogP contribution in [-0.2, 0) is 0 Å². The lowest BCUT2D eigenvalue weighted by Gasteiger charge is -2.08. The van der Waals surface area contributed by atoms with Gasteiger partial charge >= 0.3 is 0 Å². The number of carbonyl (C=O) groups is 1. The first-order valence-electron chi connectivity index (χ1n) is 5.64. The molecule has 2 N–H and O–H groups in total. The highest BCUT2D eigenvalue weighted by Crippen LogP contribution is 2.30. The number of nitrogens with one attached hydrogen (secondary N) is 1. The second-order valence-electron chi connectivity index (χ2n) is 4.03. The zero-order valence-electron chi connectivity index (χ0n) is 10.9. The molecule has 0 unspecified atom stereocenters. The number of amides is 1. The second kappa shape index (κ2) is 5.01. The molecule has 6 nitrogen and oxygen atoms in total. The molecule has 6 heteroatoms. The SMILES string of the molecule is COc1cccc(C(=O)Nc2onc(C)c2C)c1O. The van der Waals surface area contributed by atoms with Crippen molar-refractivity contribution in [3.05, 3.63) is 35.0 Å². The van der Waals surface area contributed by atoms with E-state index in [1.54, 1.807) is 26.0 Å². The molecule has 2 rings (SSSR count). The molecule has 0 aliphatic heterocycles. The smallest absolute Gasteiger partial charge is 0.261 e. The summed E-state index contributed by atoms with van der Waals surface area (Å²) in [4.78, 5) is 12.1. The van der Waals surface area contributed by atoms with Crippen molar-refractivity contribution in [2.75, 3.05) is 12.4 Å². The summed E-state index contributed by atoms with van der Waals surface area (Å²) in [6.45, 7) is 3.56. The number of para-hydroxylation sites is 1. The first-order chi connectivity index (χ1) is 9.04. The maximum absolute atomic E-state index is 12.1. The van der Waals surface area contributed by atoms with E-state index >= 15 is 0 Å². The van der Waals surface area contributed by atoms with Gasteiger partial charge in [0.2, 0.25) is 5.88 Å². The van der Waals surface area contributed by atoms with Gasteiger partial charge in [0, 0.05) is 5.56 Å². The van der Waals surface area contributed by atoms with E-state index in [1.807, 2.05) is 0 Å². The van der Waals surface area contributed by atoms with E-state index in [0.29, 0.717) is 5.69 Å². The van der Waals surface area contributed by atoms with Crippen LogP contribution < -0.4 is 10.1 Å². The zero-order valence-corrected chi connectivity index (χ0v) is 10.9. The number of methoxy groups -OCH3 is 1. The van der Waals surface area contributed by atoms with Gasteiger partial charge in [0.05, 0.1) is 18.4 Å². The van der Waals surface area contributed by atoms with E-state index in [1.165, 1.54) is 13.2 Å². The van der Waals surface area contributed by atoms with Crippen LogP contribution in [0.25, 0.3) is 0 Å². The number of ether oxygens (including phenoxy) is 1. The molecule has 0 bridgehead atoms. The van der Waals surface area contributed by atoms with Crippen LogP contribution in [0.1, 0.15) is 21.6 Å². The van der Waals surface area contributed by atoms with E-state index in [4.69, 9.17) is 9.26 Å². The number of carbonyl (C=O) groups excluding carboxylic acids is 1. The van der Waals surface area contributed by atoms with Crippen LogP contribution in [-0.4, -0.2) is 23.3 Å². The topological polar surface area (TPSA) is 84.6 Å². The van der Waals surface area contributed by atoms with Crippen LogP contribution in [0.2, 0.25) is 0 Å². The largest absolute Gasteiger partial charge is 0.504 e. The fourth-order valence-electron chi connectivity index (χ4n) is 1.57. The Morgan fingerprint density at radius 1 is 1.42 bits per heavy atom. The van der Waals surface area contributed by atoms with Crippen molar-refractivity contribution >= 4 is 11.8 Å². The van der Waals surface area contributed by atoms with Crippen molar-refractivity contribution in [3.63, 3.8) is 0 Å². The number of hydrogen-bond donors (Lipinski definition) is 2. The lowest BCUT2D eigenvalue weighted by molar-refractivity contribution is 0.102. The maximum Gasteiger partial charge on any atom is 0.261 e. The van der Waals surface area contributed by atoms with Crippen LogP contribution in [0.3, 0.4) is 0 Å². The molecule has 0 saturated heterocycles. The Hall–Kier alpha value is -2.50. The van der Waals surface area contributed by atoms with Gasteiger partial charge in [0.15, 0.2) is 11.5 Å². The minimum atomic E-state index is -0.490. The number of benzene rings is 1. The average molecular weight is 262 g/mol. The van der Waals surface area contributed by atoms with E-state index in [0.717, 1.165) is 5.56 Å². The number of aromatic nitrogens is 1. The molecule has 0 radical (unpaired) electrons. The predicted octanol–water partition coefficient (Wildman–Crippen LogP) is 2.26. The summed E-state index contributed by atoms with van der Waals surface area (Å²) in [6, 6.07) is 4.67. The highest BCUT2D eigenvalue weighted by atomic mass is 16.5. The van der Waals surface area contributed by atoms with Gasteiger partial charge in [-0.25, -0.2) is 0 Å². The van der Waals surface area contributed by atoms with Gasteiger partial charge in [0.25, 0.3) is 5.91 Å². The Morgan fingerprint density at radius 2 is 2.16 bits per heavy atom. The predicted molar refractivity (Wildman–Crippen MR) is 68.6 cm³/mol. The summed E-state index contributed by atoms with van der Waals surface area (Å²) >= 11 is 0. The van der Waals surface area contributed by atoms with Gasteiger partial charge in [-0.1, -0.05) is 11.2 Å².